The van der Waals surface area contributed by atoms with Crippen LogP contribution in [0.25, 0.3) is 0 Å². The van der Waals surface area contributed by atoms with Crippen molar-refractivity contribution in [2.75, 3.05) is 13.2 Å². The van der Waals surface area contributed by atoms with Crippen LogP contribution in [-0.2, 0) is 23.3 Å². The Bertz CT molecular complexity index is 770. The number of ether oxygens (including phenoxy) is 3. The number of phosphoric acid groups is 1. The standard InChI is InChI=1S/C14H23N2O9P/c1-4-22-9(3)24-10-5-12(25-11(10)7-23-26(19,20)21)16-6-8(2)13(17)15-14(16)18/h6,9-12H,4-5,7H2,1-3H3,(H,15,17,18)(H2,19,20,21)/t9-,10?,11-,12-/m1/s1. The van der Waals surface area contributed by atoms with Gasteiger partial charge in [-0.05, 0) is 20.8 Å². The first-order valence-corrected chi connectivity index (χ1v) is 9.58. The first-order chi connectivity index (χ1) is 12.1. The quantitative estimate of drug-likeness (QED) is 0.409. The normalized spacial score (nSPS) is 24.7. The van der Waals surface area contributed by atoms with Gasteiger partial charge in [0.25, 0.3) is 5.56 Å². The first-order valence-electron chi connectivity index (χ1n) is 8.05. The number of nitrogens with one attached hydrogen (secondary N) is 1. The van der Waals surface area contributed by atoms with Crippen molar-refractivity contribution >= 4 is 7.82 Å². The lowest BCUT2D eigenvalue weighted by atomic mass is 10.2. The van der Waals surface area contributed by atoms with Gasteiger partial charge >= 0.3 is 13.5 Å². The lowest BCUT2D eigenvalue weighted by Crippen LogP contribution is -2.33. The van der Waals surface area contributed by atoms with Gasteiger partial charge in [0, 0.05) is 24.8 Å². The molecular formula is C14H23N2O9P. The number of aromatic nitrogens is 2. The molecule has 1 aliphatic rings. The van der Waals surface area contributed by atoms with Gasteiger partial charge in [-0.3, -0.25) is 18.9 Å². The van der Waals surface area contributed by atoms with Crippen molar-refractivity contribution in [3.63, 3.8) is 0 Å². The van der Waals surface area contributed by atoms with Gasteiger partial charge in [0.05, 0.1) is 12.7 Å². The highest BCUT2D eigenvalue weighted by molar-refractivity contribution is 7.46. The molecule has 4 atom stereocenters. The van der Waals surface area contributed by atoms with Crippen LogP contribution in [0.2, 0.25) is 0 Å². The number of nitrogens with zero attached hydrogens (tertiary/aromatic N) is 1. The van der Waals surface area contributed by atoms with E-state index in [0.717, 1.165) is 0 Å². The molecule has 2 heterocycles. The first kappa shape index (κ1) is 21.0. The summed E-state index contributed by atoms with van der Waals surface area (Å²) in [6.45, 7) is 5.00. The molecule has 148 valence electrons. The van der Waals surface area contributed by atoms with E-state index in [9.17, 15) is 14.2 Å². The summed E-state index contributed by atoms with van der Waals surface area (Å²) in [5.41, 5.74) is -0.828. The van der Waals surface area contributed by atoms with Crippen molar-refractivity contribution < 1.29 is 33.1 Å². The Morgan fingerprint density at radius 1 is 1.46 bits per heavy atom. The molecule has 12 heteroatoms. The zero-order valence-corrected chi connectivity index (χ0v) is 15.5. The minimum absolute atomic E-state index is 0.206. The Kier molecular flexibility index (Phi) is 6.92. The van der Waals surface area contributed by atoms with Crippen LogP contribution in [0.4, 0.5) is 0 Å². The fourth-order valence-corrected chi connectivity index (χ4v) is 3.00. The van der Waals surface area contributed by atoms with Crippen molar-refractivity contribution in [3.8, 4) is 0 Å². The predicted octanol–water partition coefficient (Wildman–Crippen LogP) is 0.00952. The van der Waals surface area contributed by atoms with Crippen LogP contribution in [0.15, 0.2) is 15.8 Å². The zero-order chi connectivity index (χ0) is 19.5. The summed E-state index contributed by atoms with van der Waals surface area (Å²) in [4.78, 5) is 43.5. The molecule has 0 bridgehead atoms. The van der Waals surface area contributed by atoms with Gasteiger partial charge in [0.2, 0.25) is 0 Å². The predicted molar refractivity (Wildman–Crippen MR) is 88.5 cm³/mol. The molecule has 3 N–H and O–H groups in total. The maximum absolute atomic E-state index is 12.0. The number of rotatable bonds is 8. The summed E-state index contributed by atoms with van der Waals surface area (Å²) in [6, 6.07) is 0. The molecule has 1 fully saturated rings. The Balaban J connectivity index is 2.20. The summed E-state index contributed by atoms with van der Waals surface area (Å²) in [5, 5.41) is 0. The average Bonchev–Trinajstić information content (AvgIpc) is 2.91. The molecular weight excluding hydrogens is 371 g/mol. The van der Waals surface area contributed by atoms with Crippen molar-refractivity contribution in [3.05, 3.63) is 32.6 Å². The Hall–Kier alpha value is -1.33. The summed E-state index contributed by atoms with van der Waals surface area (Å²) in [7, 11) is -4.69. The van der Waals surface area contributed by atoms with Crippen molar-refractivity contribution in [2.45, 2.75) is 51.9 Å². The minimum Gasteiger partial charge on any atom is -0.353 e. The number of aromatic amines is 1. The molecule has 0 spiro atoms. The van der Waals surface area contributed by atoms with Crippen molar-refractivity contribution in [2.24, 2.45) is 0 Å². The number of hydrogen-bond donors (Lipinski definition) is 3. The number of aryl methyl sites for hydroxylation is 1. The second-order valence-corrected chi connectivity index (χ2v) is 7.07. The molecule has 2 rings (SSSR count). The third-order valence-electron chi connectivity index (χ3n) is 3.81. The number of phosphoric ester groups is 1. The van der Waals surface area contributed by atoms with Gasteiger partial charge in [0.1, 0.15) is 12.3 Å². The highest BCUT2D eigenvalue weighted by Gasteiger charge is 2.39. The van der Waals surface area contributed by atoms with E-state index in [0.29, 0.717) is 12.2 Å². The van der Waals surface area contributed by atoms with Gasteiger partial charge in [-0.2, -0.15) is 0 Å². The van der Waals surface area contributed by atoms with Crippen LogP contribution in [0.5, 0.6) is 0 Å². The highest BCUT2D eigenvalue weighted by atomic mass is 31.2. The summed E-state index contributed by atoms with van der Waals surface area (Å²) < 4.78 is 33.4. The van der Waals surface area contributed by atoms with E-state index in [4.69, 9.17) is 24.0 Å². The average molecular weight is 394 g/mol. The van der Waals surface area contributed by atoms with Gasteiger partial charge in [-0.15, -0.1) is 0 Å². The second-order valence-electron chi connectivity index (χ2n) is 5.83. The highest BCUT2D eigenvalue weighted by Crippen LogP contribution is 2.38. The van der Waals surface area contributed by atoms with Crippen LogP contribution in [0.3, 0.4) is 0 Å². The van der Waals surface area contributed by atoms with Gasteiger partial charge < -0.3 is 24.0 Å². The Morgan fingerprint density at radius 3 is 2.77 bits per heavy atom. The molecule has 1 aliphatic heterocycles. The maximum Gasteiger partial charge on any atom is 0.469 e. The smallest absolute Gasteiger partial charge is 0.353 e. The van der Waals surface area contributed by atoms with Crippen LogP contribution in [-0.4, -0.2) is 51.0 Å². The van der Waals surface area contributed by atoms with Crippen LogP contribution >= 0.6 is 7.82 Å². The fourth-order valence-electron chi connectivity index (χ4n) is 2.66. The van der Waals surface area contributed by atoms with Crippen molar-refractivity contribution in [1.29, 1.82) is 0 Å². The molecule has 0 aliphatic carbocycles. The van der Waals surface area contributed by atoms with E-state index < -0.39 is 50.4 Å². The van der Waals surface area contributed by atoms with Gasteiger partial charge in [-0.1, -0.05) is 0 Å². The maximum atomic E-state index is 12.0. The molecule has 0 saturated carbocycles. The molecule has 0 amide bonds. The molecule has 1 aromatic heterocycles. The van der Waals surface area contributed by atoms with E-state index >= 15 is 0 Å². The second kappa shape index (κ2) is 8.57. The molecule has 1 saturated heterocycles. The number of H-pyrrole nitrogens is 1. The van der Waals surface area contributed by atoms with E-state index in [2.05, 4.69) is 9.51 Å². The van der Waals surface area contributed by atoms with Gasteiger partial charge in [0.15, 0.2) is 6.29 Å². The molecule has 1 unspecified atom stereocenters. The van der Waals surface area contributed by atoms with Crippen LogP contribution < -0.4 is 11.2 Å². The summed E-state index contributed by atoms with van der Waals surface area (Å²) in [6.07, 6.45) is -1.28. The van der Waals surface area contributed by atoms with E-state index in [1.807, 2.05) is 0 Å². The molecule has 0 radical (unpaired) electrons. The molecule has 11 nitrogen and oxygen atoms in total. The Labute approximate surface area is 149 Å². The summed E-state index contributed by atoms with van der Waals surface area (Å²) >= 11 is 0. The van der Waals surface area contributed by atoms with Crippen LogP contribution in [0.1, 0.15) is 32.1 Å². The van der Waals surface area contributed by atoms with E-state index in [1.54, 1.807) is 20.8 Å². The summed E-state index contributed by atoms with van der Waals surface area (Å²) in [5.74, 6) is 0. The zero-order valence-electron chi connectivity index (χ0n) is 14.7. The third-order valence-corrected chi connectivity index (χ3v) is 4.30. The van der Waals surface area contributed by atoms with E-state index in [-0.39, 0.29) is 6.42 Å². The van der Waals surface area contributed by atoms with Crippen molar-refractivity contribution in [1.82, 2.24) is 9.55 Å². The van der Waals surface area contributed by atoms with Crippen LogP contribution in [0, 0.1) is 6.92 Å². The monoisotopic (exact) mass is 394 g/mol. The van der Waals surface area contributed by atoms with E-state index in [1.165, 1.54) is 10.8 Å². The lowest BCUT2D eigenvalue weighted by molar-refractivity contribution is -0.172. The number of hydrogen-bond acceptors (Lipinski definition) is 7. The minimum atomic E-state index is -4.69. The SMILES string of the molecule is CCO[C@@H](C)OC1C[C@H](n2cc(C)c(=O)[nH]c2=O)O[C@@H]1COP(=O)(O)O. The third kappa shape index (κ3) is 5.58. The molecule has 1 aromatic rings. The fraction of sp³-hybridized carbons (Fsp3) is 0.714. The van der Waals surface area contributed by atoms with Gasteiger partial charge in [-0.25, -0.2) is 9.36 Å². The lowest BCUT2D eigenvalue weighted by Gasteiger charge is -2.22. The molecule has 0 aromatic carbocycles. The topological polar surface area (TPSA) is 149 Å². The molecule has 26 heavy (non-hydrogen) atoms. The largest absolute Gasteiger partial charge is 0.469 e. The Morgan fingerprint density at radius 2 is 2.15 bits per heavy atom.